The van der Waals surface area contributed by atoms with Gasteiger partial charge in [0.15, 0.2) is 0 Å². The number of carbonyl (C=O) groups is 1. The van der Waals surface area contributed by atoms with Gasteiger partial charge in [-0.2, -0.15) is 0 Å². The van der Waals surface area contributed by atoms with E-state index in [2.05, 4.69) is 10.0 Å². The number of hydrogen-bond acceptors (Lipinski definition) is 4. The van der Waals surface area contributed by atoms with Crippen LogP contribution >= 0.6 is 0 Å². The average molecular weight is 312 g/mol. The van der Waals surface area contributed by atoms with Crippen molar-refractivity contribution in [3.63, 3.8) is 0 Å². The lowest BCUT2D eigenvalue weighted by Gasteiger charge is -2.09. The maximum atomic E-state index is 12.0. The molecular formula is C14H20N2O4S. The fourth-order valence-electron chi connectivity index (χ4n) is 1.65. The Morgan fingerprint density at radius 2 is 1.90 bits per heavy atom. The van der Waals surface area contributed by atoms with Crippen molar-refractivity contribution < 1.29 is 17.9 Å². The van der Waals surface area contributed by atoms with Crippen LogP contribution in [0, 0.1) is 0 Å². The number of rotatable bonds is 7. The highest BCUT2D eigenvalue weighted by Crippen LogP contribution is 2.22. The zero-order valence-electron chi connectivity index (χ0n) is 12.1. The first-order valence-electron chi connectivity index (χ1n) is 6.90. The summed E-state index contributed by atoms with van der Waals surface area (Å²) in [6.07, 6.45) is 1.77. The second-order valence-corrected chi connectivity index (χ2v) is 7.04. The van der Waals surface area contributed by atoms with Gasteiger partial charge in [0.1, 0.15) is 6.61 Å². The van der Waals surface area contributed by atoms with Crippen molar-refractivity contribution >= 4 is 21.6 Å². The minimum atomic E-state index is -3.45. The van der Waals surface area contributed by atoms with Gasteiger partial charge in [0.2, 0.25) is 15.9 Å². The molecule has 0 bridgehead atoms. The predicted molar refractivity (Wildman–Crippen MR) is 79.5 cm³/mol. The summed E-state index contributed by atoms with van der Waals surface area (Å²) in [5, 5.41) is 2.65. The third-order valence-corrected chi connectivity index (χ3v) is 4.43. The Labute approximate surface area is 124 Å². The van der Waals surface area contributed by atoms with Crippen molar-refractivity contribution in [1.29, 1.82) is 0 Å². The molecule has 0 spiro atoms. The topological polar surface area (TPSA) is 84.5 Å². The number of sulfonamides is 1. The number of ether oxygens (including phenoxy) is 1. The molecule has 1 saturated carbocycles. The minimum absolute atomic E-state index is 0.0169. The Morgan fingerprint density at radius 3 is 2.43 bits per heavy atom. The van der Waals surface area contributed by atoms with E-state index in [4.69, 9.17) is 4.74 Å². The molecular weight excluding hydrogens is 292 g/mol. The van der Waals surface area contributed by atoms with E-state index < -0.39 is 10.0 Å². The van der Waals surface area contributed by atoms with Gasteiger partial charge in [-0.25, -0.2) is 13.1 Å². The van der Waals surface area contributed by atoms with E-state index >= 15 is 0 Å². The summed E-state index contributed by atoms with van der Waals surface area (Å²) in [5.74, 6) is -0.268. The number of nitrogens with one attached hydrogen (secondary N) is 2. The lowest BCUT2D eigenvalue weighted by Crippen LogP contribution is -2.25. The van der Waals surface area contributed by atoms with Gasteiger partial charge in [-0.15, -0.1) is 0 Å². The van der Waals surface area contributed by atoms with Crippen molar-refractivity contribution in [2.24, 2.45) is 0 Å². The summed E-state index contributed by atoms with van der Waals surface area (Å²) in [7, 11) is -3.45. The highest BCUT2D eigenvalue weighted by Gasteiger charge is 2.27. The molecule has 1 aliphatic rings. The Morgan fingerprint density at radius 1 is 1.29 bits per heavy atom. The molecule has 0 aromatic heterocycles. The highest BCUT2D eigenvalue weighted by atomic mass is 32.2. The van der Waals surface area contributed by atoms with Gasteiger partial charge >= 0.3 is 0 Å². The fraction of sp³-hybridized carbons (Fsp3) is 0.500. The van der Waals surface area contributed by atoms with Gasteiger partial charge in [0, 0.05) is 11.7 Å². The molecule has 1 aliphatic carbocycles. The normalized spacial score (nSPS) is 15.2. The van der Waals surface area contributed by atoms with Crippen LogP contribution in [0.1, 0.15) is 26.7 Å². The Bertz CT molecular complexity index is 592. The number of carbonyl (C=O) groups excluding carboxylic acids is 1. The monoisotopic (exact) mass is 312 g/mol. The van der Waals surface area contributed by atoms with E-state index in [-0.39, 0.29) is 29.6 Å². The zero-order chi connectivity index (χ0) is 15.5. The molecule has 116 valence electrons. The van der Waals surface area contributed by atoms with Crippen LogP contribution in [0.2, 0.25) is 0 Å². The molecule has 1 amide bonds. The first-order chi connectivity index (χ1) is 9.87. The van der Waals surface area contributed by atoms with Crippen molar-refractivity contribution in [3.8, 4) is 0 Å². The fourth-order valence-corrected chi connectivity index (χ4v) is 2.95. The molecule has 0 saturated heterocycles. The lowest BCUT2D eigenvalue weighted by molar-refractivity contribution is -0.121. The molecule has 21 heavy (non-hydrogen) atoms. The Balaban J connectivity index is 1.93. The van der Waals surface area contributed by atoms with Gasteiger partial charge in [-0.3, -0.25) is 4.79 Å². The minimum Gasteiger partial charge on any atom is -0.369 e. The summed E-state index contributed by atoms with van der Waals surface area (Å²) in [4.78, 5) is 11.8. The highest BCUT2D eigenvalue weighted by molar-refractivity contribution is 7.89. The van der Waals surface area contributed by atoms with Crippen LogP contribution in [0.15, 0.2) is 29.2 Å². The third-order valence-electron chi connectivity index (χ3n) is 2.90. The standard InChI is InChI=1S/C14H20N2O4S/c1-10(2)20-9-14(17)15-11-5-7-13(8-6-11)21(18,19)16-12-3-4-12/h5-8,10,12,16H,3-4,9H2,1-2H3,(H,15,17). The van der Waals surface area contributed by atoms with E-state index in [0.717, 1.165) is 12.8 Å². The summed E-state index contributed by atoms with van der Waals surface area (Å²) in [6.45, 7) is 3.67. The lowest BCUT2D eigenvalue weighted by atomic mass is 10.3. The first-order valence-corrected chi connectivity index (χ1v) is 8.39. The van der Waals surface area contributed by atoms with E-state index in [9.17, 15) is 13.2 Å². The van der Waals surface area contributed by atoms with E-state index in [0.29, 0.717) is 5.69 Å². The van der Waals surface area contributed by atoms with E-state index in [1.54, 1.807) is 12.1 Å². The molecule has 1 aromatic carbocycles. The van der Waals surface area contributed by atoms with Crippen molar-refractivity contribution in [2.75, 3.05) is 11.9 Å². The SMILES string of the molecule is CC(C)OCC(=O)Nc1ccc(S(=O)(=O)NC2CC2)cc1. The summed E-state index contributed by atoms with van der Waals surface area (Å²) >= 11 is 0. The van der Waals surface area contributed by atoms with Crippen molar-refractivity contribution in [2.45, 2.75) is 43.7 Å². The molecule has 0 heterocycles. The second kappa shape index (κ2) is 6.55. The van der Waals surface area contributed by atoms with Crippen molar-refractivity contribution in [3.05, 3.63) is 24.3 Å². The smallest absolute Gasteiger partial charge is 0.250 e. The van der Waals surface area contributed by atoms with Crippen LogP contribution in [0.25, 0.3) is 0 Å². The van der Waals surface area contributed by atoms with Crippen LogP contribution < -0.4 is 10.0 Å². The van der Waals surface area contributed by atoms with Gasteiger partial charge in [0.05, 0.1) is 11.0 Å². The molecule has 1 fully saturated rings. The third kappa shape index (κ3) is 5.11. The number of anilines is 1. The number of amides is 1. The quantitative estimate of drug-likeness (QED) is 0.799. The largest absolute Gasteiger partial charge is 0.369 e. The molecule has 2 rings (SSSR count). The summed E-state index contributed by atoms with van der Waals surface area (Å²) in [6, 6.07) is 6.15. The molecule has 0 unspecified atom stereocenters. The molecule has 0 aliphatic heterocycles. The molecule has 6 nitrogen and oxygen atoms in total. The van der Waals surface area contributed by atoms with E-state index in [1.165, 1.54) is 12.1 Å². The van der Waals surface area contributed by atoms with Crippen LogP contribution in [-0.4, -0.2) is 33.1 Å². The first kappa shape index (κ1) is 15.9. The van der Waals surface area contributed by atoms with E-state index in [1.807, 2.05) is 13.8 Å². The maximum absolute atomic E-state index is 12.0. The second-order valence-electron chi connectivity index (χ2n) is 5.33. The molecule has 7 heteroatoms. The molecule has 1 aromatic rings. The van der Waals surface area contributed by atoms with Crippen molar-refractivity contribution in [1.82, 2.24) is 4.72 Å². The molecule has 0 atom stereocenters. The van der Waals surface area contributed by atoms with Crippen LogP contribution in [0.5, 0.6) is 0 Å². The Kier molecular flexibility index (Phi) is 4.97. The van der Waals surface area contributed by atoms with Crippen LogP contribution in [0.3, 0.4) is 0 Å². The zero-order valence-corrected chi connectivity index (χ0v) is 12.9. The summed E-state index contributed by atoms with van der Waals surface area (Å²) < 4.78 is 31.7. The van der Waals surface area contributed by atoms with Gasteiger partial charge in [-0.05, 0) is 51.0 Å². The maximum Gasteiger partial charge on any atom is 0.250 e. The molecule has 0 radical (unpaired) electrons. The van der Waals surface area contributed by atoms with Gasteiger partial charge in [0.25, 0.3) is 0 Å². The Hall–Kier alpha value is -1.44. The van der Waals surface area contributed by atoms with Crippen LogP contribution in [0.4, 0.5) is 5.69 Å². The average Bonchev–Trinajstić information content (AvgIpc) is 3.20. The molecule has 2 N–H and O–H groups in total. The number of hydrogen-bond donors (Lipinski definition) is 2. The predicted octanol–water partition coefficient (Wildman–Crippen LogP) is 1.49. The van der Waals surface area contributed by atoms with Gasteiger partial charge in [-0.1, -0.05) is 0 Å². The van der Waals surface area contributed by atoms with Crippen LogP contribution in [-0.2, 0) is 19.6 Å². The number of benzene rings is 1. The summed E-state index contributed by atoms with van der Waals surface area (Å²) in [5.41, 5.74) is 0.540. The van der Waals surface area contributed by atoms with Gasteiger partial charge < -0.3 is 10.1 Å².